The Kier molecular flexibility index (Phi) is 23.1. The molecule has 33 heavy (non-hydrogen) atoms. The van der Waals surface area contributed by atoms with E-state index in [4.69, 9.17) is 9.84 Å². The van der Waals surface area contributed by atoms with Crippen molar-refractivity contribution in [3.8, 4) is 0 Å². The largest absolute Gasteiger partial charge is 0.469 e. The highest BCUT2D eigenvalue weighted by Crippen LogP contribution is 2.41. The molecule has 0 amide bonds. The molecule has 6 nitrogen and oxygen atoms in total. The molecule has 0 saturated heterocycles. The van der Waals surface area contributed by atoms with Crippen molar-refractivity contribution < 1.29 is 29.3 Å². The summed E-state index contributed by atoms with van der Waals surface area (Å²) in [5.74, 6) is 2.04. The summed E-state index contributed by atoms with van der Waals surface area (Å²) in [4.78, 5) is 24.3. The minimum atomic E-state index is -0.439. The zero-order chi connectivity index (χ0) is 25.6. The lowest BCUT2D eigenvalue weighted by Gasteiger charge is -2.13. The van der Waals surface area contributed by atoms with Gasteiger partial charge in [0.15, 0.2) is 0 Å². The Morgan fingerprint density at radius 2 is 1.79 bits per heavy atom. The van der Waals surface area contributed by atoms with Gasteiger partial charge in [-0.2, -0.15) is 0 Å². The molecule has 0 heterocycles. The van der Waals surface area contributed by atoms with E-state index < -0.39 is 6.10 Å². The summed E-state index contributed by atoms with van der Waals surface area (Å²) in [5.41, 5.74) is 0. The average molecular weight is 489 g/mol. The highest BCUT2D eigenvalue weighted by atomic mass is 32.2. The number of hydrogen-bond donors (Lipinski definition) is 2. The maximum Gasteiger partial charge on any atom is 0.310 e. The van der Waals surface area contributed by atoms with Crippen LogP contribution >= 0.6 is 11.8 Å². The molecule has 1 aliphatic rings. The fourth-order valence-electron chi connectivity index (χ4n) is 3.27. The number of esters is 2. The van der Waals surface area contributed by atoms with Crippen LogP contribution in [0.4, 0.5) is 0 Å². The maximum absolute atomic E-state index is 12.0. The van der Waals surface area contributed by atoms with Crippen LogP contribution in [0.2, 0.25) is 0 Å². The van der Waals surface area contributed by atoms with Crippen LogP contribution in [0.25, 0.3) is 0 Å². The van der Waals surface area contributed by atoms with E-state index in [1.807, 2.05) is 26.8 Å². The lowest BCUT2D eigenvalue weighted by atomic mass is 10.0. The summed E-state index contributed by atoms with van der Waals surface area (Å²) in [5, 5.41) is 17.2. The Hall–Kier alpha value is -1.31. The Morgan fingerprint density at radius 1 is 1.12 bits per heavy atom. The van der Waals surface area contributed by atoms with Crippen LogP contribution < -0.4 is 0 Å². The van der Waals surface area contributed by atoms with Gasteiger partial charge in [-0.25, -0.2) is 0 Å². The van der Waals surface area contributed by atoms with Gasteiger partial charge >= 0.3 is 11.9 Å². The van der Waals surface area contributed by atoms with E-state index in [0.29, 0.717) is 18.8 Å². The van der Waals surface area contributed by atoms with Gasteiger partial charge in [0, 0.05) is 37.2 Å². The molecule has 1 aliphatic carbocycles. The molecule has 0 radical (unpaired) electrons. The zero-order valence-corrected chi connectivity index (χ0v) is 22.7. The number of thioether (sulfide) groups is 1. The molecule has 0 saturated carbocycles. The summed E-state index contributed by atoms with van der Waals surface area (Å²) in [7, 11) is 2.41. The Balaban J connectivity index is 0. The van der Waals surface area contributed by atoms with Crippen molar-refractivity contribution in [2.24, 2.45) is 11.8 Å². The van der Waals surface area contributed by atoms with Gasteiger partial charge in [-0.1, -0.05) is 53.2 Å². The third-order valence-corrected chi connectivity index (χ3v) is 6.11. The molecule has 2 atom stereocenters. The molecule has 0 fully saturated rings. The second kappa shape index (κ2) is 22.5. The monoisotopic (exact) mass is 488 g/mol. The summed E-state index contributed by atoms with van der Waals surface area (Å²) in [6.07, 6.45) is 10.4. The topological polar surface area (TPSA) is 93.1 Å². The zero-order valence-electron chi connectivity index (χ0n) is 21.9. The van der Waals surface area contributed by atoms with Crippen molar-refractivity contribution in [1.82, 2.24) is 0 Å². The molecule has 2 N–H and O–H groups in total. The quantitative estimate of drug-likeness (QED) is 0.175. The van der Waals surface area contributed by atoms with E-state index in [1.165, 1.54) is 7.11 Å². The van der Waals surface area contributed by atoms with Crippen LogP contribution in [0.15, 0.2) is 22.8 Å². The van der Waals surface area contributed by atoms with Crippen LogP contribution in [0.3, 0.4) is 0 Å². The second-order valence-electron chi connectivity index (χ2n) is 7.97. The van der Waals surface area contributed by atoms with Gasteiger partial charge in [0.2, 0.25) is 0 Å². The molecule has 7 heteroatoms. The van der Waals surface area contributed by atoms with Gasteiger partial charge in [0.05, 0.1) is 13.2 Å². The standard InChI is InChI=1S/C23H38O5S.C2H6.CH4O/c1-5-9-22(26)28-20-14-12-18(11-13-19(24)16-17(2)3)23(20)29-15-8-6-7-10-21(25)27-4;2*1-2/h11,13,17-19,24H,5-10,12,14-16H2,1-4H3;1-2H3;2H,1H3/b13-11+;;. The average Bonchev–Trinajstić information content (AvgIpc) is 3.18. The first-order valence-corrected chi connectivity index (χ1v) is 13.3. The fraction of sp³-hybridized carbons (Fsp3) is 0.769. The molecule has 0 aromatic heterocycles. The van der Waals surface area contributed by atoms with Crippen molar-refractivity contribution in [1.29, 1.82) is 0 Å². The Labute approximate surface area is 206 Å². The minimum Gasteiger partial charge on any atom is -0.469 e. The highest BCUT2D eigenvalue weighted by molar-refractivity contribution is 8.03. The van der Waals surface area contributed by atoms with Crippen LogP contribution in [0.5, 0.6) is 0 Å². The summed E-state index contributed by atoms with van der Waals surface area (Å²) >= 11 is 1.74. The van der Waals surface area contributed by atoms with Crippen molar-refractivity contribution in [2.75, 3.05) is 20.0 Å². The maximum atomic E-state index is 12.0. The van der Waals surface area contributed by atoms with Crippen LogP contribution in [0, 0.1) is 11.8 Å². The van der Waals surface area contributed by atoms with Gasteiger partial charge in [0.1, 0.15) is 5.76 Å². The van der Waals surface area contributed by atoms with Gasteiger partial charge in [0.25, 0.3) is 0 Å². The number of carbonyl (C=O) groups excluding carboxylic acids is 2. The molecule has 2 unspecified atom stereocenters. The molecule has 0 aliphatic heterocycles. The lowest BCUT2D eigenvalue weighted by Crippen LogP contribution is -2.07. The molecule has 0 aromatic rings. The van der Waals surface area contributed by atoms with Crippen LogP contribution in [-0.4, -0.2) is 48.2 Å². The number of ether oxygens (including phenoxy) is 2. The predicted molar refractivity (Wildman–Crippen MR) is 138 cm³/mol. The third-order valence-electron chi connectivity index (χ3n) is 4.77. The predicted octanol–water partition coefficient (Wildman–Crippen LogP) is 6.02. The van der Waals surface area contributed by atoms with E-state index in [9.17, 15) is 14.7 Å². The molecule has 194 valence electrons. The number of methoxy groups -OCH3 is 1. The molecule has 1 rings (SSSR count). The van der Waals surface area contributed by atoms with Crippen LogP contribution in [-0.2, 0) is 19.1 Å². The Morgan fingerprint density at radius 3 is 2.36 bits per heavy atom. The van der Waals surface area contributed by atoms with Crippen molar-refractivity contribution in [3.63, 3.8) is 0 Å². The van der Waals surface area contributed by atoms with E-state index in [2.05, 4.69) is 24.7 Å². The number of aliphatic hydroxyl groups is 2. The second-order valence-corrected chi connectivity index (χ2v) is 9.11. The smallest absolute Gasteiger partial charge is 0.310 e. The van der Waals surface area contributed by atoms with Gasteiger partial charge in [-0.15, -0.1) is 11.8 Å². The number of rotatable bonds is 14. The third kappa shape index (κ3) is 16.9. The summed E-state index contributed by atoms with van der Waals surface area (Å²) in [6.45, 7) is 10.2. The number of aliphatic hydroxyl groups excluding tert-OH is 2. The summed E-state index contributed by atoms with van der Waals surface area (Å²) in [6, 6.07) is 0. The number of allylic oxidation sites excluding steroid dienone is 3. The molecule has 0 aromatic carbocycles. The van der Waals surface area contributed by atoms with Crippen molar-refractivity contribution in [2.45, 2.75) is 98.5 Å². The van der Waals surface area contributed by atoms with Crippen molar-refractivity contribution in [3.05, 3.63) is 22.8 Å². The highest BCUT2D eigenvalue weighted by Gasteiger charge is 2.27. The number of carbonyl (C=O) groups is 2. The molecular weight excluding hydrogens is 440 g/mol. The first-order valence-electron chi connectivity index (χ1n) is 12.3. The molecular formula is C26H48O6S. The first kappa shape index (κ1) is 33.9. The summed E-state index contributed by atoms with van der Waals surface area (Å²) < 4.78 is 10.3. The lowest BCUT2D eigenvalue weighted by molar-refractivity contribution is -0.141. The van der Waals surface area contributed by atoms with E-state index in [0.717, 1.165) is 68.5 Å². The Bertz CT molecular complexity index is 571. The normalized spacial score (nSPS) is 16.1. The van der Waals surface area contributed by atoms with E-state index in [1.54, 1.807) is 11.8 Å². The van der Waals surface area contributed by atoms with Gasteiger partial charge in [-0.3, -0.25) is 9.59 Å². The van der Waals surface area contributed by atoms with Gasteiger partial charge < -0.3 is 19.7 Å². The van der Waals surface area contributed by atoms with Crippen LogP contribution in [0.1, 0.15) is 92.4 Å². The number of unbranched alkanes of at least 4 members (excludes halogenated alkanes) is 2. The first-order chi connectivity index (χ1) is 15.9. The number of hydrogen-bond acceptors (Lipinski definition) is 7. The molecule has 0 spiro atoms. The molecule has 0 bridgehead atoms. The van der Waals surface area contributed by atoms with E-state index >= 15 is 0 Å². The van der Waals surface area contributed by atoms with Crippen molar-refractivity contribution >= 4 is 23.7 Å². The SMILES string of the molecule is CC.CCCC(=O)OC1=C(SCCCCCC(=O)OC)C(/C=C/C(O)CC(C)C)CC1.CO. The van der Waals surface area contributed by atoms with E-state index in [-0.39, 0.29) is 17.9 Å². The minimum absolute atomic E-state index is 0.161. The van der Waals surface area contributed by atoms with Gasteiger partial charge in [-0.05, 0) is 43.8 Å². The fourth-order valence-corrected chi connectivity index (χ4v) is 4.55.